The minimum atomic E-state index is -0.701. The molecule has 21 heavy (non-hydrogen) atoms. The van der Waals surface area contributed by atoms with Crippen LogP contribution >= 0.6 is 12.2 Å². The molecule has 2 aromatic carbocycles. The lowest BCUT2D eigenvalue weighted by Crippen LogP contribution is -2.36. The normalized spacial score (nSPS) is 18.0. The highest BCUT2D eigenvalue weighted by molar-refractivity contribution is 7.82. The van der Waals surface area contributed by atoms with Crippen LogP contribution in [0.5, 0.6) is 0 Å². The highest BCUT2D eigenvalue weighted by Crippen LogP contribution is 2.17. The molecule has 1 aliphatic rings. The second-order valence-electron chi connectivity index (χ2n) is 4.80. The predicted octanol–water partition coefficient (Wildman–Crippen LogP) is 2.41. The largest absolute Gasteiger partial charge is 0.383 e. The van der Waals surface area contributed by atoms with Crippen LogP contribution in [0, 0.1) is 11.3 Å². The fourth-order valence-corrected chi connectivity index (χ4v) is 2.43. The topological polar surface area (TPSA) is 74.5 Å². The fraction of sp³-hybridized carbons (Fsp3) is 0.125. The highest BCUT2D eigenvalue weighted by atomic mass is 32.1. The Balaban J connectivity index is 1.92. The van der Waals surface area contributed by atoms with E-state index in [0.717, 1.165) is 10.9 Å². The van der Waals surface area contributed by atoms with Crippen molar-refractivity contribution in [2.75, 3.05) is 0 Å². The quantitative estimate of drug-likeness (QED) is 0.864. The first-order valence-electron chi connectivity index (χ1n) is 6.50. The zero-order valence-corrected chi connectivity index (χ0v) is 12.0. The van der Waals surface area contributed by atoms with Crippen LogP contribution in [0.4, 0.5) is 0 Å². The molecule has 1 heterocycles. The smallest absolute Gasteiger partial charge is 0.177 e. The van der Waals surface area contributed by atoms with Crippen molar-refractivity contribution in [3.05, 3.63) is 48.0 Å². The maximum Gasteiger partial charge on any atom is 0.177 e. The maximum absolute atomic E-state index is 9.05. The van der Waals surface area contributed by atoms with Crippen LogP contribution in [0.15, 0.2) is 52.4 Å². The predicted molar refractivity (Wildman–Crippen MR) is 88.7 cm³/mol. The van der Waals surface area contributed by atoms with E-state index in [0.29, 0.717) is 17.1 Å². The molecule has 5 heteroatoms. The Kier molecular flexibility index (Phi) is 3.46. The van der Waals surface area contributed by atoms with Gasteiger partial charge in [-0.05, 0) is 16.3 Å². The number of rotatable bonds is 2. The molecule has 1 aliphatic heterocycles. The Labute approximate surface area is 127 Å². The molecule has 0 bridgehead atoms. The molecule has 0 aromatic heterocycles. The summed E-state index contributed by atoms with van der Waals surface area (Å²) in [7, 11) is 0. The third-order valence-electron chi connectivity index (χ3n) is 3.33. The lowest BCUT2D eigenvalue weighted by Gasteiger charge is -2.14. The van der Waals surface area contributed by atoms with Gasteiger partial charge in [0.2, 0.25) is 0 Å². The number of fused-ring (bicyclic) bond motifs is 1. The summed E-state index contributed by atoms with van der Waals surface area (Å²) in [6.45, 7) is 0. The highest BCUT2D eigenvalue weighted by Gasteiger charge is 2.22. The molecule has 0 amide bonds. The molecule has 0 radical (unpaired) electrons. The third-order valence-corrected chi connectivity index (χ3v) is 3.76. The van der Waals surface area contributed by atoms with Gasteiger partial charge in [0.25, 0.3) is 0 Å². The molecular weight excluding hydrogens is 280 g/mol. The van der Waals surface area contributed by atoms with Gasteiger partial charge in [-0.25, -0.2) is 9.98 Å². The van der Waals surface area contributed by atoms with Crippen molar-refractivity contribution in [1.82, 2.24) is 0 Å². The average Bonchev–Trinajstić information content (AvgIpc) is 2.50. The van der Waals surface area contributed by atoms with Crippen LogP contribution < -0.4 is 5.73 Å². The van der Waals surface area contributed by atoms with Crippen molar-refractivity contribution in [2.45, 2.75) is 12.5 Å². The monoisotopic (exact) mass is 292 g/mol. The second kappa shape index (κ2) is 5.43. The molecule has 2 N–H and O–H groups in total. The molecule has 1 atom stereocenters. The lowest BCUT2D eigenvalue weighted by atomic mass is 10.0. The number of nitriles is 1. The summed E-state index contributed by atoms with van der Waals surface area (Å²) < 4.78 is 0. The Morgan fingerprint density at radius 2 is 1.95 bits per heavy atom. The first kappa shape index (κ1) is 13.4. The van der Waals surface area contributed by atoms with Crippen molar-refractivity contribution in [3.63, 3.8) is 0 Å². The second-order valence-corrected chi connectivity index (χ2v) is 5.24. The number of hydrogen-bond donors (Lipinski definition) is 1. The van der Waals surface area contributed by atoms with Gasteiger partial charge in [-0.2, -0.15) is 5.26 Å². The Bertz CT molecular complexity index is 830. The first-order chi connectivity index (χ1) is 10.2. The van der Waals surface area contributed by atoms with E-state index in [1.165, 1.54) is 5.39 Å². The molecule has 0 saturated carbocycles. The van der Waals surface area contributed by atoms with Gasteiger partial charge in [0.05, 0.1) is 10.9 Å². The Hall–Kier alpha value is -2.58. The number of nitrogens with two attached hydrogens (primary N) is 1. The van der Waals surface area contributed by atoms with Crippen LogP contribution in [0.3, 0.4) is 0 Å². The summed E-state index contributed by atoms with van der Waals surface area (Å²) in [5.41, 5.74) is 6.83. The molecule has 1 unspecified atom stereocenters. The van der Waals surface area contributed by atoms with Gasteiger partial charge in [-0.15, -0.1) is 0 Å². The maximum atomic E-state index is 9.05. The lowest BCUT2D eigenvalue weighted by molar-refractivity contribution is 1.07. The molecule has 3 rings (SSSR count). The minimum absolute atomic E-state index is 0.224. The summed E-state index contributed by atoms with van der Waals surface area (Å²) >= 11 is 5.04. The number of amidine groups is 2. The van der Waals surface area contributed by atoms with Crippen molar-refractivity contribution in [3.8, 4) is 6.07 Å². The van der Waals surface area contributed by atoms with E-state index in [4.69, 9.17) is 23.2 Å². The van der Waals surface area contributed by atoms with Crippen LogP contribution in [-0.2, 0) is 6.42 Å². The number of nitrogens with zero attached hydrogens (tertiary/aromatic N) is 3. The van der Waals surface area contributed by atoms with Gasteiger partial charge in [0.15, 0.2) is 6.04 Å². The number of hydrogen-bond acceptors (Lipinski definition) is 5. The van der Waals surface area contributed by atoms with Crippen molar-refractivity contribution in [1.29, 1.82) is 5.26 Å². The van der Waals surface area contributed by atoms with E-state index in [-0.39, 0.29) is 5.84 Å². The molecular formula is C16H12N4S. The summed E-state index contributed by atoms with van der Waals surface area (Å²) in [5.74, 6) is 0.769. The van der Waals surface area contributed by atoms with Gasteiger partial charge >= 0.3 is 0 Å². The van der Waals surface area contributed by atoms with Crippen LogP contribution in [-0.4, -0.2) is 22.6 Å². The van der Waals surface area contributed by atoms with Crippen LogP contribution in [0.1, 0.15) is 5.56 Å². The molecule has 102 valence electrons. The van der Waals surface area contributed by atoms with E-state index < -0.39 is 6.04 Å². The summed E-state index contributed by atoms with van der Waals surface area (Å²) in [6, 6.07) is 15.7. The zero-order valence-electron chi connectivity index (χ0n) is 11.2. The van der Waals surface area contributed by atoms with Crippen molar-refractivity contribution >= 4 is 39.5 Å². The Morgan fingerprint density at radius 3 is 2.71 bits per heavy atom. The van der Waals surface area contributed by atoms with E-state index in [1.54, 1.807) is 0 Å². The molecule has 0 spiro atoms. The number of thiocarbonyl (C=S) groups is 1. The zero-order chi connectivity index (χ0) is 14.8. The van der Waals surface area contributed by atoms with E-state index in [2.05, 4.69) is 34.3 Å². The molecule has 0 aliphatic carbocycles. The van der Waals surface area contributed by atoms with Gasteiger partial charge in [-0.1, -0.05) is 54.7 Å². The molecule has 0 saturated heterocycles. The SMILES string of the molecule is N#CC1N=C(Cc2ccc3ccccc3c2)N=C(N)C1=S. The number of aliphatic imine (C=N–C) groups is 2. The first-order valence-corrected chi connectivity index (χ1v) is 6.90. The molecule has 4 nitrogen and oxygen atoms in total. The van der Waals surface area contributed by atoms with E-state index >= 15 is 0 Å². The van der Waals surface area contributed by atoms with Crippen LogP contribution in [0.2, 0.25) is 0 Å². The van der Waals surface area contributed by atoms with Crippen molar-refractivity contribution in [2.24, 2.45) is 15.7 Å². The van der Waals surface area contributed by atoms with Crippen molar-refractivity contribution < 1.29 is 0 Å². The standard InChI is InChI=1S/C16H12N4S/c17-9-13-15(21)16(18)20-14(19-13)8-10-5-6-11-3-1-2-4-12(11)7-10/h1-7,13H,8H2,(H2,18,19,20). The van der Waals surface area contributed by atoms with Gasteiger partial charge in [0, 0.05) is 6.42 Å². The number of benzene rings is 2. The summed E-state index contributed by atoms with van der Waals surface area (Å²) in [4.78, 5) is 8.75. The van der Waals surface area contributed by atoms with Crippen LogP contribution in [0.25, 0.3) is 10.8 Å². The molecule has 2 aromatic rings. The summed E-state index contributed by atoms with van der Waals surface area (Å²) in [6.07, 6.45) is 0.534. The van der Waals surface area contributed by atoms with E-state index in [1.807, 2.05) is 24.3 Å². The summed E-state index contributed by atoms with van der Waals surface area (Å²) in [5, 5.41) is 11.4. The third kappa shape index (κ3) is 2.67. The van der Waals surface area contributed by atoms with Gasteiger partial charge in [-0.3, -0.25) is 0 Å². The fourth-order valence-electron chi connectivity index (χ4n) is 2.27. The van der Waals surface area contributed by atoms with E-state index in [9.17, 15) is 0 Å². The average molecular weight is 292 g/mol. The Morgan fingerprint density at radius 1 is 1.19 bits per heavy atom. The van der Waals surface area contributed by atoms with Gasteiger partial charge < -0.3 is 5.73 Å². The molecule has 0 fully saturated rings. The van der Waals surface area contributed by atoms with Gasteiger partial charge in [0.1, 0.15) is 11.7 Å². The minimum Gasteiger partial charge on any atom is -0.383 e.